The summed E-state index contributed by atoms with van der Waals surface area (Å²) in [5, 5.41) is 14.0. The monoisotopic (exact) mass is 408 g/mol. The molecule has 1 aromatic carbocycles. The van der Waals surface area contributed by atoms with E-state index in [9.17, 15) is 9.90 Å². The van der Waals surface area contributed by atoms with Crippen LogP contribution in [0.3, 0.4) is 0 Å². The minimum atomic E-state index is -0.604. The zero-order valence-electron chi connectivity index (χ0n) is 14.4. The molecule has 0 saturated carbocycles. The number of methoxy groups -OCH3 is 1. The van der Waals surface area contributed by atoms with Gasteiger partial charge in [0.05, 0.1) is 41.4 Å². The van der Waals surface area contributed by atoms with Crippen molar-refractivity contribution in [2.24, 2.45) is 5.92 Å². The summed E-state index contributed by atoms with van der Waals surface area (Å²) < 4.78 is 11.1. The average Bonchev–Trinajstić information content (AvgIpc) is 3.21. The van der Waals surface area contributed by atoms with Gasteiger partial charge in [0.2, 0.25) is 11.8 Å². The topological polar surface area (TPSA) is 80.7 Å². The first kappa shape index (κ1) is 18.5. The van der Waals surface area contributed by atoms with Gasteiger partial charge in [0.1, 0.15) is 0 Å². The lowest BCUT2D eigenvalue weighted by atomic mass is 9.74. The molecule has 2 aliphatic heterocycles. The van der Waals surface area contributed by atoms with Crippen LogP contribution in [0, 0.1) is 5.92 Å². The molecule has 5 atom stereocenters. The van der Waals surface area contributed by atoms with Crippen molar-refractivity contribution in [3.8, 4) is 5.88 Å². The van der Waals surface area contributed by atoms with Gasteiger partial charge in [-0.05, 0) is 29.8 Å². The van der Waals surface area contributed by atoms with Crippen LogP contribution in [-0.4, -0.2) is 41.4 Å². The highest BCUT2D eigenvalue weighted by Crippen LogP contribution is 2.49. The van der Waals surface area contributed by atoms with E-state index in [1.807, 2.05) is 6.07 Å². The lowest BCUT2D eigenvalue weighted by molar-refractivity contribution is -0.121. The number of amides is 1. The predicted molar refractivity (Wildman–Crippen MR) is 101 cm³/mol. The molecule has 27 heavy (non-hydrogen) atoms. The van der Waals surface area contributed by atoms with Gasteiger partial charge in [-0.3, -0.25) is 4.79 Å². The molecule has 6 nitrogen and oxygen atoms in total. The Morgan fingerprint density at radius 3 is 2.85 bits per heavy atom. The standard InChI is InChI=1S/C19H18Cl2N2O4/c1-26-15-6-9(4-5-22-15)16-17(14-8-13(24)18(16)27-14)19(25)23-10-2-3-11(20)12(21)7-10/h2-7,13-14,16-18,24H,8H2,1H3,(H,23,25)/t13-,14+,16+,17+,18-/m0/s1. The molecule has 2 aromatic rings. The minimum Gasteiger partial charge on any atom is -0.481 e. The number of hydrogen-bond donors (Lipinski definition) is 2. The van der Waals surface area contributed by atoms with Crippen molar-refractivity contribution in [2.45, 2.75) is 30.7 Å². The highest BCUT2D eigenvalue weighted by molar-refractivity contribution is 6.42. The molecule has 3 heterocycles. The highest BCUT2D eigenvalue weighted by atomic mass is 35.5. The molecule has 2 N–H and O–H groups in total. The molecule has 1 aromatic heterocycles. The highest BCUT2D eigenvalue weighted by Gasteiger charge is 2.57. The summed E-state index contributed by atoms with van der Waals surface area (Å²) in [7, 11) is 1.53. The third kappa shape index (κ3) is 3.38. The maximum Gasteiger partial charge on any atom is 0.230 e. The number of aliphatic hydroxyl groups excluding tert-OH is 1. The molecule has 8 heteroatoms. The summed E-state index contributed by atoms with van der Waals surface area (Å²) in [6, 6.07) is 8.53. The SMILES string of the molecule is COc1cc([C@H]2[C@H]3O[C@H](C[C@@H]3O)[C@H]2C(=O)Nc2ccc(Cl)c(Cl)c2)ccn1. The lowest BCUT2D eigenvalue weighted by Crippen LogP contribution is -2.41. The summed E-state index contributed by atoms with van der Waals surface area (Å²) in [4.78, 5) is 17.2. The van der Waals surface area contributed by atoms with Crippen LogP contribution < -0.4 is 10.1 Å². The van der Waals surface area contributed by atoms with E-state index in [4.69, 9.17) is 32.7 Å². The number of halogens is 2. The number of nitrogens with one attached hydrogen (secondary N) is 1. The molecular formula is C19H18Cl2N2O4. The van der Waals surface area contributed by atoms with Crippen LogP contribution in [0.4, 0.5) is 5.69 Å². The second-order valence-electron chi connectivity index (χ2n) is 6.74. The van der Waals surface area contributed by atoms with Crippen molar-refractivity contribution in [3.05, 3.63) is 52.1 Å². The van der Waals surface area contributed by atoms with Crippen molar-refractivity contribution in [1.82, 2.24) is 4.98 Å². The largest absolute Gasteiger partial charge is 0.481 e. The molecule has 0 unspecified atom stereocenters. The van der Waals surface area contributed by atoms with Gasteiger partial charge in [-0.1, -0.05) is 23.2 Å². The molecule has 142 valence electrons. The van der Waals surface area contributed by atoms with Crippen molar-refractivity contribution >= 4 is 34.8 Å². The van der Waals surface area contributed by atoms with Gasteiger partial charge in [0.15, 0.2) is 0 Å². The number of ether oxygens (including phenoxy) is 2. The van der Waals surface area contributed by atoms with Crippen LogP contribution in [-0.2, 0) is 9.53 Å². The number of hydrogen-bond acceptors (Lipinski definition) is 5. The number of nitrogens with zero attached hydrogens (tertiary/aromatic N) is 1. The Morgan fingerprint density at radius 2 is 2.11 bits per heavy atom. The molecule has 0 spiro atoms. The molecule has 2 bridgehead atoms. The molecule has 0 aliphatic carbocycles. The number of rotatable bonds is 4. The Bertz CT molecular complexity index is 879. The summed E-state index contributed by atoms with van der Waals surface area (Å²) in [6.07, 6.45) is 0.667. The van der Waals surface area contributed by atoms with Crippen LogP contribution in [0.25, 0.3) is 0 Å². The van der Waals surface area contributed by atoms with E-state index < -0.39 is 18.1 Å². The Morgan fingerprint density at radius 1 is 1.30 bits per heavy atom. The van der Waals surface area contributed by atoms with E-state index in [-0.39, 0.29) is 17.9 Å². The van der Waals surface area contributed by atoms with E-state index in [0.29, 0.717) is 28.0 Å². The Labute approximate surface area is 166 Å². The Hall–Kier alpha value is -1.86. The number of carbonyl (C=O) groups excluding carboxylic acids is 1. The molecule has 2 fully saturated rings. The minimum absolute atomic E-state index is 0.187. The van der Waals surface area contributed by atoms with Crippen molar-refractivity contribution in [1.29, 1.82) is 0 Å². The van der Waals surface area contributed by atoms with Gasteiger partial charge < -0.3 is 19.9 Å². The van der Waals surface area contributed by atoms with Crippen LogP contribution in [0.2, 0.25) is 10.0 Å². The first-order valence-electron chi connectivity index (χ1n) is 8.57. The maximum atomic E-state index is 13.0. The van der Waals surface area contributed by atoms with Crippen molar-refractivity contribution in [2.75, 3.05) is 12.4 Å². The number of benzene rings is 1. The first-order chi connectivity index (χ1) is 13.0. The second kappa shape index (κ2) is 7.28. The summed E-state index contributed by atoms with van der Waals surface area (Å²) in [5.41, 5.74) is 1.41. The molecular weight excluding hydrogens is 391 g/mol. The third-order valence-corrected chi connectivity index (χ3v) is 5.91. The first-order valence-corrected chi connectivity index (χ1v) is 9.33. The normalized spacial score (nSPS) is 29.0. The molecule has 4 rings (SSSR count). The van der Waals surface area contributed by atoms with Crippen LogP contribution >= 0.6 is 23.2 Å². The van der Waals surface area contributed by atoms with Gasteiger partial charge in [-0.25, -0.2) is 4.98 Å². The van der Waals surface area contributed by atoms with E-state index in [2.05, 4.69) is 10.3 Å². The fraction of sp³-hybridized carbons (Fsp3) is 0.368. The van der Waals surface area contributed by atoms with Gasteiger partial charge in [0.25, 0.3) is 0 Å². The van der Waals surface area contributed by atoms with E-state index >= 15 is 0 Å². The zero-order valence-corrected chi connectivity index (χ0v) is 15.9. The Kier molecular flexibility index (Phi) is 4.99. The van der Waals surface area contributed by atoms with Gasteiger partial charge in [-0.2, -0.15) is 0 Å². The molecule has 0 radical (unpaired) electrons. The number of aliphatic hydroxyl groups is 1. The van der Waals surface area contributed by atoms with E-state index in [0.717, 1.165) is 5.56 Å². The van der Waals surface area contributed by atoms with Gasteiger partial charge >= 0.3 is 0 Å². The predicted octanol–water partition coefficient (Wildman–Crippen LogP) is 3.27. The average molecular weight is 409 g/mol. The number of anilines is 1. The molecule has 1 amide bonds. The van der Waals surface area contributed by atoms with Crippen LogP contribution in [0.15, 0.2) is 36.5 Å². The molecule has 2 saturated heterocycles. The van der Waals surface area contributed by atoms with Crippen LogP contribution in [0.1, 0.15) is 17.9 Å². The smallest absolute Gasteiger partial charge is 0.230 e. The van der Waals surface area contributed by atoms with Crippen LogP contribution in [0.5, 0.6) is 5.88 Å². The fourth-order valence-electron chi connectivity index (χ4n) is 3.98. The maximum absolute atomic E-state index is 13.0. The second-order valence-corrected chi connectivity index (χ2v) is 7.56. The zero-order chi connectivity index (χ0) is 19.1. The van der Waals surface area contributed by atoms with Crippen molar-refractivity contribution in [3.63, 3.8) is 0 Å². The summed E-state index contributed by atoms with van der Waals surface area (Å²) >= 11 is 12.0. The van der Waals surface area contributed by atoms with Gasteiger partial charge in [-0.15, -0.1) is 0 Å². The quantitative estimate of drug-likeness (QED) is 0.811. The lowest BCUT2D eigenvalue weighted by Gasteiger charge is -2.30. The number of pyridine rings is 1. The fourth-order valence-corrected chi connectivity index (χ4v) is 4.28. The van der Waals surface area contributed by atoms with E-state index in [1.165, 1.54) is 7.11 Å². The van der Waals surface area contributed by atoms with E-state index in [1.54, 1.807) is 30.5 Å². The third-order valence-electron chi connectivity index (χ3n) is 5.17. The number of carbonyl (C=O) groups is 1. The number of aromatic nitrogens is 1. The van der Waals surface area contributed by atoms with Gasteiger partial charge in [0, 0.05) is 30.3 Å². The Balaban J connectivity index is 1.62. The van der Waals surface area contributed by atoms with Crippen molar-refractivity contribution < 1.29 is 19.4 Å². The molecule has 2 aliphatic rings. The summed E-state index contributed by atoms with van der Waals surface area (Å²) in [6.45, 7) is 0. The number of fused-ring (bicyclic) bond motifs is 2. The summed E-state index contributed by atoms with van der Waals surface area (Å²) in [5.74, 6) is -0.472.